The molecule has 0 aromatic heterocycles. The Morgan fingerprint density at radius 1 is 1.14 bits per heavy atom. The lowest BCUT2D eigenvalue weighted by molar-refractivity contribution is 0.415. The molecule has 2 rings (SSSR count). The molecule has 71 valence electrons. The third kappa shape index (κ3) is 1.87. The van der Waals surface area contributed by atoms with Crippen molar-refractivity contribution in [2.45, 2.75) is 6.42 Å². The van der Waals surface area contributed by atoms with E-state index in [1.54, 1.807) is 7.11 Å². The van der Waals surface area contributed by atoms with Crippen molar-refractivity contribution in [1.82, 2.24) is 0 Å². The molecule has 1 aliphatic rings. The van der Waals surface area contributed by atoms with E-state index in [0.717, 1.165) is 12.2 Å². The maximum Gasteiger partial charge on any atom is 0.118 e. The van der Waals surface area contributed by atoms with Crippen LogP contribution in [0.5, 0.6) is 5.75 Å². The van der Waals surface area contributed by atoms with Gasteiger partial charge in [0.05, 0.1) is 7.11 Å². The fourth-order valence-electron chi connectivity index (χ4n) is 1.51. The third-order valence-electron chi connectivity index (χ3n) is 2.31. The van der Waals surface area contributed by atoms with E-state index >= 15 is 0 Å². The predicted octanol–water partition coefficient (Wildman–Crippen LogP) is 3.24. The molecule has 1 aliphatic carbocycles. The average Bonchev–Trinajstić information content (AvgIpc) is 2.30. The predicted molar refractivity (Wildman–Crippen MR) is 59.0 cm³/mol. The molecular weight excluding hydrogens is 172 g/mol. The van der Waals surface area contributed by atoms with Gasteiger partial charge in [-0.15, -0.1) is 0 Å². The second-order valence-electron chi connectivity index (χ2n) is 3.22. The monoisotopic (exact) mass is 185 g/mol. The number of methoxy groups -OCH3 is 1. The number of hydrogen-bond acceptors (Lipinski definition) is 1. The summed E-state index contributed by atoms with van der Waals surface area (Å²) in [5, 5.41) is 0. The van der Waals surface area contributed by atoms with Gasteiger partial charge in [-0.3, -0.25) is 0 Å². The Morgan fingerprint density at radius 2 is 1.93 bits per heavy atom. The fourth-order valence-corrected chi connectivity index (χ4v) is 1.51. The second-order valence-corrected chi connectivity index (χ2v) is 3.22. The molecule has 0 atom stereocenters. The van der Waals surface area contributed by atoms with Gasteiger partial charge >= 0.3 is 0 Å². The van der Waals surface area contributed by atoms with E-state index in [1.165, 1.54) is 11.1 Å². The third-order valence-corrected chi connectivity index (χ3v) is 2.31. The van der Waals surface area contributed by atoms with Crippen LogP contribution in [0, 0.1) is 6.42 Å². The highest BCUT2D eigenvalue weighted by Crippen LogP contribution is 2.24. The first kappa shape index (κ1) is 9.07. The van der Waals surface area contributed by atoms with Crippen LogP contribution in [0.15, 0.2) is 42.5 Å². The zero-order valence-electron chi connectivity index (χ0n) is 8.23. The zero-order chi connectivity index (χ0) is 9.80. The Labute approximate surface area is 84.7 Å². The summed E-state index contributed by atoms with van der Waals surface area (Å²) in [4.78, 5) is 0. The molecule has 0 bridgehead atoms. The van der Waals surface area contributed by atoms with Crippen LogP contribution in [0.2, 0.25) is 0 Å². The van der Waals surface area contributed by atoms with E-state index in [-0.39, 0.29) is 0 Å². The maximum atomic E-state index is 5.11. The van der Waals surface area contributed by atoms with Gasteiger partial charge in [-0.05, 0) is 36.1 Å². The summed E-state index contributed by atoms with van der Waals surface area (Å²) < 4.78 is 5.11. The Kier molecular flexibility index (Phi) is 2.68. The van der Waals surface area contributed by atoms with Gasteiger partial charge in [0.15, 0.2) is 0 Å². The molecule has 0 saturated carbocycles. The van der Waals surface area contributed by atoms with Gasteiger partial charge in [-0.1, -0.05) is 30.4 Å². The maximum absolute atomic E-state index is 5.11. The topological polar surface area (TPSA) is 9.23 Å². The van der Waals surface area contributed by atoms with Crippen molar-refractivity contribution in [2.75, 3.05) is 7.11 Å². The second kappa shape index (κ2) is 4.14. The quantitative estimate of drug-likeness (QED) is 0.687. The molecule has 0 fully saturated rings. The van der Waals surface area contributed by atoms with Crippen LogP contribution in [-0.4, -0.2) is 7.11 Å². The molecule has 0 spiro atoms. The molecule has 0 saturated heterocycles. The summed E-state index contributed by atoms with van der Waals surface area (Å²) in [7, 11) is 1.68. The van der Waals surface area contributed by atoms with Gasteiger partial charge in [-0.25, -0.2) is 0 Å². The van der Waals surface area contributed by atoms with Crippen LogP contribution in [0.25, 0.3) is 5.57 Å². The van der Waals surface area contributed by atoms with Crippen molar-refractivity contribution >= 4 is 5.57 Å². The Hall–Kier alpha value is -1.50. The number of allylic oxidation sites excluding steroid dienone is 4. The molecule has 0 heterocycles. The Balaban J connectivity index is 2.24. The molecule has 1 heteroatoms. The van der Waals surface area contributed by atoms with Crippen molar-refractivity contribution in [3.05, 3.63) is 54.5 Å². The van der Waals surface area contributed by atoms with Crippen LogP contribution in [-0.2, 0) is 0 Å². The minimum atomic E-state index is 0.903. The van der Waals surface area contributed by atoms with Crippen LogP contribution < -0.4 is 4.74 Å². The summed E-state index contributed by atoms with van der Waals surface area (Å²) >= 11 is 0. The van der Waals surface area contributed by atoms with Gasteiger partial charge in [0.25, 0.3) is 0 Å². The molecule has 14 heavy (non-hydrogen) atoms. The van der Waals surface area contributed by atoms with Gasteiger partial charge in [0.1, 0.15) is 5.75 Å². The summed E-state index contributed by atoms with van der Waals surface area (Å²) in [6, 6.07) is 8.14. The summed E-state index contributed by atoms with van der Waals surface area (Å²) in [5.41, 5.74) is 2.53. The van der Waals surface area contributed by atoms with Crippen LogP contribution in [0.3, 0.4) is 0 Å². The zero-order valence-corrected chi connectivity index (χ0v) is 8.23. The molecule has 0 unspecified atom stereocenters. The van der Waals surface area contributed by atoms with Crippen molar-refractivity contribution in [1.29, 1.82) is 0 Å². The Morgan fingerprint density at radius 3 is 2.50 bits per heavy atom. The van der Waals surface area contributed by atoms with E-state index < -0.39 is 0 Å². The molecule has 1 radical (unpaired) electrons. The van der Waals surface area contributed by atoms with E-state index in [1.807, 2.05) is 12.1 Å². The van der Waals surface area contributed by atoms with E-state index in [4.69, 9.17) is 4.74 Å². The van der Waals surface area contributed by atoms with E-state index in [2.05, 4.69) is 36.8 Å². The molecule has 0 N–H and O–H groups in total. The normalized spacial score (nSPS) is 15.1. The van der Waals surface area contributed by atoms with Crippen LogP contribution in [0.1, 0.15) is 12.0 Å². The van der Waals surface area contributed by atoms with Crippen molar-refractivity contribution in [3.8, 4) is 5.75 Å². The van der Waals surface area contributed by atoms with Crippen molar-refractivity contribution in [2.24, 2.45) is 0 Å². The smallest absolute Gasteiger partial charge is 0.118 e. The number of rotatable bonds is 2. The van der Waals surface area contributed by atoms with Gasteiger partial charge in [-0.2, -0.15) is 0 Å². The molecular formula is C13H13O. The fraction of sp³-hybridized carbons (Fsp3) is 0.154. The Bertz CT molecular complexity index is 357. The lowest BCUT2D eigenvalue weighted by Gasteiger charge is -2.09. The van der Waals surface area contributed by atoms with E-state index in [9.17, 15) is 0 Å². The average molecular weight is 185 g/mol. The standard InChI is InChI=1S/C13H13O/c1-14-13-9-7-12(8-10-13)11-5-3-2-4-6-11/h2-3,5-10H,4H2,1H3. The number of hydrogen-bond donors (Lipinski definition) is 0. The lowest BCUT2D eigenvalue weighted by Crippen LogP contribution is -1.89. The van der Waals surface area contributed by atoms with Gasteiger partial charge in [0.2, 0.25) is 0 Å². The largest absolute Gasteiger partial charge is 0.497 e. The van der Waals surface area contributed by atoms with E-state index in [0.29, 0.717) is 0 Å². The van der Waals surface area contributed by atoms with Crippen LogP contribution in [0.4, 0.5) is 0 Å². The minimum Gasteiger partial charge on any atom is -0.497 e. The lowest BCUT2D eigenvalue weighted by atomic mass is 9.97. The number of ether oxygens (including phenoxy) is 1. The highest BCUT2D eigenvalue weighted by atomic mass is 16.5. The summed E-state index contributed by atoms with van der Waals surface area (Å²) in [6.45, 7) is 0. The molecule has 0 aliphatic heterocycles. The van der Waals surface area contributed by atoms with Gasteiger partial charge < -0.3 is 4.74 Å². The van der Waals surface area contributed by atoms with Crippen molar-refractivity contribution < 1.29 is 4.74 Å². The SMILES string of the molecule is COc1ccc(C2=CC=CC[CH]2)cc1. The molecule has 1 aromatic carbocycles. The highest BCUT2D eigenvalue weighted by Gasteiger charge is 2.02. The van der Waals surface area contributed by atoms with Gasteiger partial charge in [0, 0.05) is 0 Å². The molecule has 1 nitrogen and oxygen atoms in total. The molecule has 0 amide bonds. The summed E-state index contributed by atoms with van der Waals surface area (Å²) in [5.74, 6) is 0.903. The van der Waals surface area contributed by atoms with Crippen LogP contribution >= 0.6 is 0 Å². The highest BCUT2D eigenvalue weighted by molar-refractivity contribution is 5.74. The van der Waals surface area contributed by atoms with Crippen molar-refractivity contribution in [3.63, 3.8) is 0 Å². The summed E-state index contributed by atoms with van der Waals surface area (Å²) in [6.07, 6.45) is 9.62. The first-order valence-corrected chi connectivity index (χ1v) is 4.74. The number of benzene rings is 1. The first-order valence-electron chi connectivity index (χ1n) is 4.74. The molecule has 1 aromatic rings. The first-order chi connectivity index (χ1) is 6.90. The minimum absolute atomic E-state index is 0.903.